The summed E-state index contributed by atoms with van der Waals surface area (Å²) in [6.07, 6.45) is 3.46. The Morgan fingerprint density at radius 2 is 1.93 bits per heavy atom. The quantitative estimate of drug-likeness (QED) is 0.631. The van der Waals surface area contributed by atoms with Crippen LogP contribution in [0.15, 0.2) is 24.3 Å². The molecule has 0 bridgehead atoms. The fourth-order valence-corrected chi connectivity index (χ4v) is 4.00. The van der Waals surface area contributed by atoms with E-state index in [9.17, 15) is 14.4 Å². The van der Waals surface area contributed by atoms with Crippen LogP contribution < -0.4 is 10.6 Å². The molecule has 2 N–H and O–H groups in total. The molecule has 3 rings (SSSR count). The van der Waals surface area contributed by atoms with Crippen molar-refractivity contribution in [1.82, 2.24) is 20.4 Å². The molecule has 1 aliphatic rings. The fourth-order valence-electron chi connectivity index (χ4n) is 3.16. The summed E-state index contributed by atoms with van der Waals surface area (Å²) >= 11 is 6.78. The molecule has 3 amide bonds. The van der Waals surface area contributed by atoms with Gasteiger partial charge in [-0.1, -0.05) is 36.3 Å². The van der Waals surface area contributed by atoms with Gasteiger partial charge < -0.3 is 15.5 Å². The van der Waals surface area contributed by atoms with Crippen LogP contribution in [0.2, 0.25) is 5.02 Å². The van der Waals surface area contributed by atoms with Crippen LogP contribution in [-0.4, -0.2) is 52.5 Å². The average Bonchev–Trinajstić information content (AvgIpc) is 3.25. The Morgan fingerprint density at radius 3 is 2.67 bits per heavy atom. The number of benzene rings is 1. The topological polar surface area (TPSA) is 104 Å². The molecule has 1 aromatic carbocycles. The second-order valence-electron chi connectivity index (χ2n) is 7.11. The molecule has 0 radical (unpaired) electrons. The Hall–Kier alpha value is -2.52. The fraction of sp³-hybridized carbons (Fsp3) is 0.450. The number of piperidine rings is 1. The van der Waals surface area contributed by atoms with Gasteiger partial charge in [0.2, 0.25) is 15.9 Å². The molecule has 2 aromatic rings. The van der Waals surface area contributed by atoms with Gasteiger partial charge in [0.15, 0.2) is 0 Å². The number of rotatable bonds is 7. The van der Waals surface area contributed by atoms with Crippen LogP contribution in [0.1, 0.15) is 52.2 Å². The smallest absolute Gasteiger partial charge is 0.286 e. The average molecular weight is 450 g/mol. The molecule has 1 atom stereocenters. The highest BCUT2D eigenvalue weighted by Gasteiger charge is 2.30. The van der Waals surface area contributed by atoms with Crippen molar-refractivity contribution >= 4 is 46.3 Å². The van der Waals surface area contributed by atoms with Crippen molar-refractivity contribution in [2.75, 3.05) is 25.0 Å². The number of amides is 3. The molecule has 160 valence electrons. The highest BCUT2D eigenvalue weighted by Crippen LogP contribution is 2.21. The third-order valence-corrected chi connectivity index (χ3v) is 5.98. The van der Waals surface area contributed by atoms with Crippen molar-refractivity contribution in [3.63, 3.8) is 0 Å². The molecule has 1 aliphatic heterocycles. The number of likely N-dealkylation sites (tertiary alicyclic amines) is 1. The van der Waals surface area contributed by atoms with E-state index in [-0.39, 0.29) is 27.7 Å². The molecule has 1 unspecified atom stereocenters. The van der Waals surface area contributed by atoms with E-state index < -0.39 is 5.91 Å². The van der Waals surface area contributed by atoms with Crippen molar-refractivity contribution in [2.24, 2.45) is 5.92 Å². The summed E-state index contributed by atoms with van der Waals surface area (Å²) in [6.45, 7) is 3.63. The molecule has 2 heterocycles. The normalized spacial score (nSPS) is 16.2. The summed E-state index contributed by atoms with van der Waals surface area (Å²) in [5, 5.41) is 14.2. The summed E-state index contributed by atoms with van der Waals surface area (Å²) in [7, 11) is 0. The summed E-state index contributed by atoms with van der Waals surface area (Å²) in [6, 6.07) is 6.67. The molecule has 30 heavy (non-hydrogen) atoms. The third-order valence-electron chi connectivity index (χ3n) is 4.81. The number of nitrogens with zero attached hydrogens (tertiary/aromatic N) is 3. The van der Waals surface area contributed by atoms with Gasteiger partial charge in [-0.3, -0.25) is 14.4 Å². The highest BCUT2D eigenvalue weighted by atomic mass is 35.5. The summed E-state index contributed by atoms with van der Waals surface area (Å²) < 4.78 is 0. The molecular weight excluding hydrogens is 426 g/mol. The first-order valence-corrected chi connectivity index (χ1v) is 11.1. The van der Waals surface area contributed by atoms with E-state index in [1.165, 1.54) is 0 Å². The molecule has 0 saturated carbocycles. The lowest BCUT2D eigenvalue weighted by molar-refractivity contribution is -0.126. The lowest BCUT2D eigenvalue weighted by atomic mass is 9.97. The maximum Gasteiger partial charge on any atom is 0.286 e. The van der Waals surface area contributed by atoms with Crippen LogP contribution in [0.4, 0.5) is 5.69 Å². The number of aromatic nitrogens is 2. The summed E-state index contributed by atoms with van der Waals surface area (Å²) in [5.41, 5.74) is 0.570. The molecule has 0 spiro atoms. The van der Waals surface area contributed by atoms with Crippen molar-refractivity contribution in [3.05, 3.63) is 39.3 Å². The van der Waals surface area contributed by atoms with E-state index in [2.05, 4.69) is 27.8 Å². The van der Waals surface area contributed by atoms with Crippen molar-refractivity contribution in [2.45, 2.75) is 32.6 Å². The third kappa shape index (κ3) is 5.76. The Bertz CT molecular complexity index is 902. The zero-order chi connectivity index (χ0) is 21.5. The standard InChI is InChI=1S/C20H24ClN5O3S/c1-2-3-10-22-16(27)13-5-4-11-26(12-13)20(29)19-25-24-18(30-19)17(28)23-15-8-6-14(21)7-9-15/h6-9,13H,2-5,10-12H2,1H3,(H,22,27)(H,23,28). The summed E-state index contributed by atoms with van der Waals surface area (Å²) in [5.74, 6) is -0.980. The number of carbonyl (C=O) groups is 3. The van der Waals surface area contributed by atoms with Crippen LogP contribution >= 0.6 is 22.9 Å². The number of nitrogens with one attached hydrogen (secondary N) is 2. The molecule has 8 nitrogen and oxygen atoms in total. The molecular formula is C20H24ClN5O3S. The minimum Gasteiger partial charge on any atom is -0.356 e. The molecule has 10 heteroatoms. The first kappa shape index (κ1) is 22.2. The van der Waals surface area contributed by atoms with E-state index in [1.807, 2.05) is 0 Å². The molecule has 0 aliphatic carbocycles. The number of unbranched alkanes of at least 4 members (excludes halogenated alkanes) is 1. The Kier molecular flexibility index (Phi) is 7.75. The molecule has 1 fully saturated rings. The first-order chi connectivity index (χ1) is 14.5. The van der Waals surface area contributed by atoms with Gasteiger partial charge in [0.1, 0.15) is 0 Å². The monoisotopic (exact) mass is 449 g/mol. The van der Waals surface area contributed by atoms with Crippen LogP contribution in [0.3, 0.4) is 0 Å². The van der Waals surface area contributed by atoms with Gasteiger partial charge in [0.25, 0.3) is 11.8 Å². The largest absolute Gasteiger partial charge is 0.356 e. The van der Waals surface area contributed by atoms with Gasteiger partial charge >= 0.3 is 0 Å². The van der Waals surface area contributed by atoms with Gasteiger partial charge in [-0.05, 0) is 43.5 Å². The van der Waals surface area contributed by atoms with Gasteiger partial charge in [0.05, 0.1) is 5.92 Å². The maximum absolute atomic E-state index is 12.8. The maximum atomic E-state index is 12.8. The van der Waals surface area contributed by atoms with Gasteiger partial charge in [-0.25, -0.2) is 0 Å². The number of halogens is 1. The number of anilines is 1. The minimum atomic E-state index is -0.444. The van der Waals surface area contributed by atoms with E-state index >= 15 is 0 Å². The zero-order valence-electron chi connectivity index (χ0n) is 16.7. The van der Waals surface area contributed by atoms with Crippen LogP contribution in [0.5, 0.6) is 0 Å². The van der Waals surface area contributed by atoms with Gasteiger partial charge in [-0.15, -0.1) is 10.2 Å². The predicted octanol–water partition coefficient (Wildman–Crippen LogP) is 3.21. The van der Waals surface area contributed by atoms with Crippen molar-refractivity contribution < 1.29 is 14.4 Å². The first-order valence-electron chi connectivity index (χ1n) is 9.95. The Labute approximate surface area is 184 Å². The van der Waals surface area contributed by atoms with E-state index in [4.69, 9.17) is 11.6 Å². The summed E-state index contributed by atoms with van der Waals surface area (Å²) in [4.78, 5) is 39.1. The van der Waals surface area contributed by atoms with Crippen LogP contribution in [0.25, 0.3) is 0 Å². The highest BCUT2D eigenvalue weighted by molar-refractivity contribution is 7.15. The molecule has 1 aromatic heterocycles. The lowest BCUT2D eigenvalue weighted by Gasteiger charge is -2.31. The number of hydrogen-bond acceptors (Lipinski definition) is 6. The van der Waals surface area contributed by atoms with Gasteiger partial charge in [0, 0.05) is 30.3 Å². The zero-order valence-corrected chi connectivity index (χ0v) is 18.3. The molecule has 1 saturated heterocycles. The predicted molar refractivity (Wildman–Crippen MR) is 116 cm³/mol. The second-order valence-corrected chi connectivity index (χ2v) is 8.52. The van der Waals surface area contributed by atoms with E-state index in [0.717, 1.165) is 37.0 Å². The minimum absolute atomic E-state index is 0.0127. The van der Waals surface area contributed by atoms with Crippen molar-refractivity contribution in [3.8, 4) is 0 Å². The second kappa shape index (κ2) is 10.5. The number of carbonyl (C=O) groups excluding carboxylic acids is 3. The van der Waals surface area contributed by atoms with E-state index in [1.54, 1.807) is 29.2 Å². The Morgan fingerprint density at radius 1 is 1.20 bits per heavy atom. The number of hydrogen-bond donors (Lipinski definition) is 2. The van der Waals surface area contributed by atoms with Crippen LogP contribution in [0, 0.1) is 5.92 Å². The lowest BCUT2D eigenvalue weighted by Crippen LogP contribution is -2.45. The SMILES string of the molecule is CCCCNC(=O)C1CCCN(C(=O)c2nnc(C(=O)Nc3ccc(Cl)cc3)s2)C1. The van der Waals surface area contributed by atoms with E-state index in [0.29, 0.717) is 30.3 Å². The van der Waals surface area contributed by atoms with Crippen LogP contribution in [-0.2, 0) is 4.79 Å². The van der Waals surface area contributed by atoms with Gasteiger partial charge in [-0.2, -0.15) is 0 Å². The van der Waals surface area contributed by atoms with Crippen molar-refractivity contribution in [1.29, 1.82) is 0 Å². The Balaban J connectivity index is 1.59.